The van der Waals surface area contributed by atoms with E-state index in [9.17, 15) is 19.2 Å². The molecule has 3 N–H and O–H groups in total. The van der Waals surface area contributed by atoms with Gasteiger partial charge < -0.3 is 10.6 Å². The van der Waals surface area contributed by atoms with Gasteiger partial charge in [-0.05, 0) is 18.8 Å². The fourth-order valence-electron chi connectivity index (χ4n) is 3.01. The molecule has 8 heteroatoms. The van der Waals surface area contributed by atoms with E-state index < -0.39 is 30.1 Å². The number of amides is 6. The molecule has 116 valence electrons. The first-order chi connectivity index (χ1) is 9.90. The van der Waals surface area contributed by atoms with Crippen LogP contribution >= 0.6 is 0 Å². The zero-order valence-electron chi connectivity index (χ0n) is 12.2. The topological polar surface area (TPSA) is 108 Å². The number of urea groups is 2. The molecule has 1 saturated heterocycles. The molecule has 8 nitrogen and oxygen atoms in total. The third-order valence-electron chi connectivity index (χ3n) is 4.28. The first-order valence-electron chi connectivity index (χ1n) is 7.06. The summed E-state index contributed by atoms with van der Waals surface area (Å²) in [5.41, 5.74) is -0.886. The summed E-state index contributed by atoms with van der Waals surface area (Å²) in [5.74, 6) is -1.03. The molecule has 2 aliphatic rings. The molecule has 21 heavy (non-hydrogen) atoms. The molecule has 0 aromatic rings. The molecule has 1 spiro atoms. The van der Waals surface area contributed by atoms with Crippen molar-refractivity contribution in [3.8, 4) is 0 Å². The Bertz CT molecular complexity index is 493. The Morgan fingerprint density at radius 2 is 2.10 bits per heavy atom. The number of imide groups is 2. The lowest BCUT2D eigenvalue weighted by molar-refractivity contribution is -0.137. The summed E-state index contributed by atoms with van der Waals surface area (Å²) in [4.78, 5) is 48.2. The van der Waals surface area contributed by atoms with Crippen molar-refractivity contribution < 1.29 is 19.2 Å². The third-order valence-corrected chi connectivity index (χ3v) is 4.28. The number of rotatable bonds is 2. The number of nitrogens with zero attached hydrogens (tertiary/aromatic N) is 1. The summed E-state index contributed by atoms with van der Waals surface area (Å²) < 4.78 is 0. The smallest absolute Gasteiger partial charge is 0.325 e. The van der Waals surface area contributed by atoms with Gasteiger partial charge in [0.15, 0.2) is 0 Å². The Morgan fingerprint density at radius 3 is 2.71 bits per heavy atom. The van der Waals surface area contributed by atoms with Gasteiger partial charge in [-0.15, -0.1) is 0 Å². The summed E-state index contributed by atoms with van der Waals surface area (Å²) in [5, 5.41) is 7.02. The lowest BCUT2D eigenvalue weighted by Crippen LogP contribution is -2.54. The Morgan fingerprint density at radius 1 is 1.38 bits per heavy atom. The molecule has 2 rings (SSSR count). The summed E-state index contributed by atoms with van der Waals surface area (Å²) >= 11 is 0. The van der Waals surface area contributed by atoms with E-state index in [0.717, 1.165) is 24.2 Å². The van der Waals surface area contributed by atoms with Crippen LogP contribution in [0.25, 0.3) is 0 Å². The van der Waals surface area contributed by atoms with Gasteiger partial charge in [-0.1, -0.05) is 19.8 Å². The summed E-state index contributed by atoms with van der Waals surface area (Å²) in [6.07, 6.45) is 3.36. The maximum absolute atomic E-state index is 12.6. The summed E-state index contributed by atoms with van der Waals surface area (Å²) in [7, 11) is 1.37. The van der Waals surface area contributed by atoms with E-state index in [1.54, 1.807) is 0 Å². The zero-order valence-corrected chi connectivity index (χ0v) is 12.2. The predicted octanol–water partition coefficient (Wildman–Crippen LogP) is -0.0573. The van der Waals surface area contributed by atoms with E-state index in [1.165, 1.54) is 7.05 Å². The van der Waals surface area contributed by atoms with Gasteiger partial charge in [0.2, 0.25) is 5.91 Å². The molecule has 0 aromatic heterocycles. The number of carbonyl (C=O) groups is 4. The van der Waals surface area contributed by atoms with E-state index >= 15 is 0 Å². The summed E-state index contributed by atoms with van der Waals surface area (Å²) in [6.45, 7) is 1.48. The molecular weight excluding hydrogens is 276 g/mol. The van der Waals surface area contributed by atoms with Crippen molar-refractivity contribution in [2.24, 2.45) is 5.92 Å². The normalized spacial score (nSPS) is 28.5. The lowest BCUT2D eigenvalue weighted by atomic mass is 9.73. The molecule has 0 aromatic carbocycles. The maximum atomic E-state index is 12.6. The highest BCUT2D eigenvalue weighted by molar-refractivity contribution is 6.10. The third kappa shape index (κ3) is 2.70. The van der Waals surface area contributed by atoms with Crippen LogP contribution in [0.15, 0.2) is 0 Å². The second-order valence-electron chi connectivity index (χ2n) is 5.57. The average Bonchev–Trinajstić information content (AvgIpc) is 2.67. The monoisotopic (exact) mass is 296 g/mol. The number of carbonyl (C=O) groups excluding carboxylic acids is 4. The van der Waals surface area contributed by atoms with Crippen molar-refractivity contribution in [3.05, 3.63) is 0 Å². The minimum atomic E-state index is -0.886. The molecule has 2 fully saturated rings. The average molecular weight is 296 g/mol. The van der Waals surface area contributed by atoms with Gasteiger partial charge in [0, 0.05) is 7.05 Å². The van der Waals surface area contributed by atoms with Crippen LogP contribution in [0.2, 0.25) is 0 Å². The fourth-order valence-corrected chi connectivity index (χ4v) is 3.01. The Kier molecular flexibility index (Phi) is 4.15. The van der Waals surface area contributed by atoms with Crippen LogP contribution in [0, 0.1) is 5.92 Å². The van der Waals surface area contributed by atoms with Crippen molar-refractivity contribution in [1.29, 1.82) is 0 Å². The second kappa shape index (κ2) is 5.71. The SMILES string of the molecule is CNC(=O)NC(=O)CN1C(=O)N[C@]2(CCCC[C@@H]2C)C1=O. The standard InChI is InChI=1S/C13H20N4O4/c1-8-5-3-4-6-13(8)10(19)17(12(21)16-13)7-9(18)15-11(20)14-2/h8H,3-7H2,1-2H3,(H,16,21)(H2,14,15,18,20)/t8-,13-/m0/s1. The van der Waals surface area contributed by atoms with E-state index in [4.69, 9.17) is 0 Å². The molecular formula is C13H20N4O4. The van der Waals surface area contributed by atoms with Crippen LogP contribution in [0.3, 0.4) is 0 Å². The van der Waals surface area contributed by atoms with Crippen LogP contribution < -0.4 is 16.0 Å². The van der Waals surface area contributed by atoms with Crippen LogP contribution in [0.5, 0.6) is 0 Å². The van der Waals surface area contributed by atoms with Crippen molar-refractivity contribution in [3.63, 3.8) is 0 Å². The van der Waals surface area contributed by atoms with Crippen LogP contribution in [-0.2, 0) is 9.59 Å². The quantitative estimate of drug-likeness (QED) is 0.620. The maximum Gasteiger partial charge on any atom is 0.325 e. The van der Waals surface area contributed by atoms with Gasteiger partial charge in [0.25, 0.3) is 5.91 Å². The first-order valence-corrected chi connectivity index (χ1v) is 7.06. The van der Waals surface area contributed by atoms with Gasteiger partial charge in [-0.2, -0.15) is 0 Å². The van der Waals surface area contributed by atoms with E-state index in [2.05, 4.69) is 10.6 Å². The minimum Gasteiger partial charge on any atom is -0.341 e. The van der Waals surface area contributed by atoms with Gasteiger partial charge in [0.05, 0.1) is 0 Å². The largest absolute Gasteiger partial charge is 0.341 e. The Balaban J connectivity index is 2.08. The van der Waals surface area contributed by atoms with Crippen LogP contribution in [0.4, 0.5) is 9.59 Å². The molecule has 0 unspecified atom stereocenters. The van der Waals surface area contributed by atoms with Gasteiger partial charge in [-0.25, -0.2) is 9.59 Å². The van der Waals surface area contributed by atoms with Crippen molar-refractivity contribution in [2.75, 3.05) is 13.6 Å². The number of nitrogens with one attached hydrogen (secondary N) is 3. The molecule has 1 aliphatic heterocycles. The highest BCUT2D eigenvalue weighted by Gasteiger charge is 2.55. The molecule has 1 saturated carbocycles. The van der Waals surface area contributed by atoms with Crippen LogP contribution in [-0.4, -0.2) is 47.9 Å². The molecule has 1 heterocycles. The van der Waals surface area contributed by atoms with E-state index in [0.29, 0.717) is 6.42 Å². The highest BCUT2D eigenvalue weighted by atomic mass is 16.2. The fraction of sp³-hybridized carbons (Fsp3) is 0.692. The second-order valence-corrected chi connectivity index (χ2v) is 5.57. The highest BCUT2D eigenvalue weighted by Crippen LogP contribution is 2.37. The van der Waals surface area contributed by atoms with Crippen molar-refractivity contribution >= 4 is 23.9 Å². The van der Waals surface area contributed by atoms with E-state index in [1.807, 2.05) is 12.2 Å². The zero-order chi connectivity index (χ0) is 15.6. The molecule has 0 bridgehead atoms. The number of hydrogen-bond acceptors (Lipinski definition) is 4. The lowest BCUT2D eigenvalue weighted by Gasteiger charge is -2.36. The van der Waals surface area contributed by atoms with Crippen molar-refractivity contribution in [1.82, 2.24) is 20.9 Å². The van der Waals surface area contributed by atoms with Crippen molar-refractivity contribution in [2.45, 2.75) is 38.1 Å². The Labute approximate surface area is 122 Å². The van der Waals surface area contributed by atoms with Crippen LogP contribution in [0.1, 0.15) is 32.6 Å². The predicted molar refractivity (Wildman–Crippen MR) is 73.2 cm³/mol. The first kappa shape index (κ1) is 15.3. The molecule has 6 amide bonds. The van der Waals surface area contributed by atoms with Gasteiger partial charge in [-0.3, -0.25) is 19.8 Å². The molecule has 2 atom stereocenters. The summed E-state index contributed by atoms with van der Waals surface area (Å²) in [6, 6.07) is -1.24. The Hall–Kier alpha value is -2.12. The van der Waals surface area contributed by atoms with Gasteiger partial charge in [0.1, 0.15) is 12.1 Å². The molecule has 1 aliphatic carbocycles. The van der Waals surface area contributed by atoms with Gasteiger partial charge >= 0.3 is 12.1 Å². The minimum absolute atomic E-state index is 0.0368. The van der Waals surface area contributed by atoms with E-state index in [-0.39, 0.29) is 11.8 Å². The molecule has 0 radical (unpaired) electrons. The number of hydrogen-bond donors (Lipinski definition) is 3.